The molecule has 0 unspecified atom stereocenters. The molecule has 0 N–H and O–H groups in total. The number of hydrogen-bond donors (Lipinski definition) is 0. The summed E-state index contributed by atoms with van der Waals surface area (Å²) in [6.45, 7) is 13.3. The lowest BCUT2D eigenvalue weighted by Crippen LogP contribution is -2.41. The third-order valence-electron chi connectivity index (χ3n) is 7.21. The van der Waals surface area contributed by atoms with E-state index in [0.717, 1.165) is 12.0 Å². The first-order valence-corrected chi connectivity index (χ1v) is 11.3. The average molecular weight is 423 g/mol. The van der Waals surface area contributed by atoms with Crippen LogP contribution < -0.4 is 5.46 Å². The van der Waals surface area contributed by atoms with Crippen LogP contribution in [0.2, 0.25) is 0 Å². The van der Waals surface area contributed by atoms with Gasteiger partial charge < -0.3 is 13.9 Å². The van der Waals surface area contributed by atoms with Gasteiger partial charge in [0.05, 0.1) is 11.2 Å². The molecular weight excluding hydrogens is 393 g/mol. The third kappa shape index (κ3) is 3.39. The Morgan fingerprint density at radius 2 is 1.47 bits per heavy atom. The molecule has 1 fully saturated rings. The third-order valence-corrected chi connectivity index (χ3v) is 7.21. The van der Waals surface area contributed by atoms with Crippen molar-refractivity contribution in [1.29, 1.82) is 0 Å². The minimum absolute atomic E-state index is 0.234. The van der Waals surface area contributed by atoms with Crippen LogP contribution in [0.25, 0.3) is 21.8 Å². The molecule has 0 aliphatic carbocycles. The lowest BCUT2D eigenvalue weighted by molar-refractivity contribution is 0.00578. The minimum Gasteiger partial charge on any atom is -0.399 e. The number of allylic oxidation sites excluding steroid dienone is 1. The normalized spacial score (nSPS) is 18.3. The average Bonchev–Trinajstić information content (AvgIpc) is 3.21. The molecule has 3 nitrogen and oxygen atoms in total. The molecule has 1 aliphatic rings. The number of fused-ring (bicyclic) bond motifs is 3. The summed E-state index contributed by atoms with van der Waals surface area (Å²) in [7, 11) is -0.364. The van der Waals surface area contributed by atoms with Gasteiger partial charge in [-0.2, -0.15) is 0 Å². The van der Waals surface area contributed by atoms with Crippen molar-refractivity contribution in [3.8, 4) is 0 Å². The molecule has 162 valence electrons. The van der Waals surface area contributed by atoms with Gasteiger partial charge in [0.25, 0.3) is 0 Å². The van der Waals surface area contributed by atoms with Gasteiger partial charge in [0, 0.05) is 34.3 Å². The van der Waals surface area contributed by atoms with Crippen LogP contribution >= 0.6 is 0 Å². The summed E-state index contributed by atoms with van der Waals surface area (Å²) in [5.41, 5.74) is 4.08. The molecule has 1 aromatic heterocycles. The second-order valence-corrected chi connectivity index (χ2v) is 9.75. The van der Waals surface area contributed by atoms with E-state index < -0.39 is 0 Å². The van der Waals surface area contributed by atoms with Gasteiger partial charge in [-0.1, -0.05) is 66.7 Å². The molecule has 1 aliphatic heterocycles. The molecule has 1 atom stereocenters. The molecule has 0 saturated carbocycles. The summed E-state index contributed by atoms with van der Waals surface area (Å²) in [5, 5.41) is 2.47. The highest BCUT2D eigenvalue weighted by atomic mass is 16.7. The molecule has 2 heterocycles. The van der Waals surface area contributed by atoms with Crippen molar-refractivity contribution < 1.29 is 9.31 Å². The Balaban J connectivity index is 1.60. The number of hydrogen-bond acceptors (Lipinski definition) is 2. The highest BCUT2D eigenvalue weighted by Gasteiger charge is 2.51. The molecule has 0 radical (unpaired) electrons. The maximum absolute atomic E-state index is 6.32. The molecule has 32 heavy (non-hydrogen) atoms. The van der Waals surface area contributed by atoms with Crippen molar-refractivity contribution >= 4 is 34.4 Å². The lowest BCUT2D eigenvalue weighted by atomic mass is 9.78. The van der Waals surface area contributed by atoms with E-state index in [4.69, 9.17) is 9.31 Å². The summed E-state index contributed by atoms with van der Waals surface area (Å²) in [6.07, 6.45) is 2.05. The van der Waals surface area contributed by atoms with Gasteiger partial charge in [0.15, 0.2) is 0 Å². The Kier molecular flexibility index (Phi) is 5.03. The summed E-state index contributed by atoms with van der Waals surface area (Å²) in [4.78, 5) is 0. The first kappa shape index (κ1) is 21.1. The van der Waals surface area contributed by atoms with E-state index >= 15 is 0 Å². The number of aromatic nitrogens is 1. The van der Waals surface area contributed by atoms with Gasteiger partial charge in [0.2, 0.25) is 0 Å². The van der Waals surface area contributed by atoms with Crippen LogP contribution in [0, 0.1) is 0 Å². The summed E-state index contributed by atoms with van der Waals surface area (Å²) >= 11 is 0. The van der Waals surface area contributed by atoms with Crippen molar-refractivity contribution in [3.05, 3.63) is 91.0 Å². The zero-order valence-corrected chi connectivity index (χ0v) is 19.3. The van der Waals surface area contributed by atoms with Crippen LogP contribution in [0.1, 0.15) is 39.2 Å². The van der Waals surface area contributed by atoms with Crippen LogP contribution in [0.15, 0.2) is 85.5 Å². The first-order chi connectivity index (χ1) is 15.3. The Morgan fingerprint density at radius 1 is 0.844 bits per heavy atom. The smallest absolute Gasteiger partial charge is 0.399 e. The predicted octanol–water partition coefficient (Wildman–Crippen LogP) is 6.06. The number of para-hydroxylation sites is 1. The molecule has 0 spiro atoms. The van der Waals surface area contributed by atoms with Gasteiger partial charge in [0.1, 0.15) is 0 Å². The van der Waals surface area contributed by atoms with Crippen molar-refractivity contribution in [1.82, 2.24) is 4.57 Å². The number of rotatable bonds is 5. The van der Waals surface area contributed by atoms with E-state index in [1.807, 2.05) is 0 Å². The second-order valence-electron chi connectivity index (χ2n) is 9.75. The van der Waals surface area contributed by atoms with Crippen LogP contribution in [-0.4, -0.2) is 22.9 Å². The Labute approximate surface area is 190 Å². The van der Waals surface area contributed by atoms with Crippen molar-refractivity contribution in [3.63, 3.8) is 0 Å². The lowest BCUT2D eigenvalue weighted by Gasteiger charge is -2.32. The zero-order chi connectivity index (χ0) is 22.5. The van der Waals surface area contributed by atoms with Gasteiger partial charge >= 0.3 is 7.12 Å². The van der Waals surface area contributed by atoms with Crippen molar-refractivity contribution in [2.24, 2.45) is 0 Å². The fourth-order valence-corrected chi connectivity index (χ4v) is 4.61. The van der Waals surface area contributed by atoms with E-state index in [2.05, 4.69) is 118 Å². The Hall–Kier alpha value is -2.82. The zero-order valence-electron chi connectivity index (χ0n) is 19.3. The molecule has 4 heteroatoms. The number of benzene rings is 3. The van der Waals surface area contributed by atoms with E-state index in [1.165, 1.54) is 27.4 Å². The largest absolute Gasteiger partial charge is 0.494 e. The monoisotopic (exact) mass is 423 g/mol. The van der Waals surface area contributed by atoms with Crippen LogP contribution in [-0.2, 0) is 15.9 Å². The molecule has 4 aromatic rings. The molecule has 0 amide bonds. The summed E-state index contributed by atoms with van der Waals surface area (Å²) < 4.78 is 15.0. The highest BCUT2D eigenvalue weighted by molar-refractivity contribution is 6.62. The maximum Gasteiger partial charge on any atom is 0.494 e. The van der Waals surface area contributed by atoms with Crippen molar-refractivity contribution in [2.45, 2.75) is 51.4 Å². The molecular formula is C28H30BNO2. The SMILES string of the molecule is C=C[C@H](Cn1c2ccccc2c2cc(B3OC(C)(C)C(C)(C)O3)ccc21)c1ccccc1. The first-order valence-electron chi connectivity index (χ1n) is 11.3. The van der Waals surface area contributed by atoms with Gasteiger partial charge in [-0.25, -0.2) is 0 Å². The van der Waals surface area contributed by atoms with Crippen molar-refractivity contribution in [2.75, 3.05) is 0 Å². The standard InChI is InChI=1S/C28H30BNO2/c1-6-20(21-12-8-7-9-13-21)19-30-25-15-11-10-14-23(25)24-18-22(16-17-26(24)30)29-31-27(2,3)28(4,5)32-29/h6-18,20H,1,19H2,2-5H3/t20-/m1/s1. The highest BCUT2D eigenvalue weighted by Crippen LogP contribution is 2.37. The van der Waals surface area contributed by atoms with Crippen LogP contribution in [0.4, 0.5) is 0 Å². The second kappa shape index (κ2) is 7.65. The summed E-state index contributed by atoms with van der Waals surface area (Å²) in [6, 6.07) is 25.8. The van der Waals surface area contributed by atoms with Gasteiger partial charge in [-0.3, -0.25) is 0 Å². The topological polar surface area (TPSA) is 23.4 Å². The Morgan fingerprint density at radius 3 is 2.16 bits per heavy atom. The summed E-state index contributed by atoms with van der Waals surface area (Å²) in [5.74, 6) is 0.234. The maximum atomic E-state index is 6.32. The quantitative estimate of drug-likeness (QED) is 0.288. The van der Waals surface area contributed by atoms with E-state index in [0.29, 0.717) is 0 Å². The van der Waals surface area contributed by atoms with E-state index in [-0.39, 0.29) is 24.2 Å². The van der Waals surface area contributed by atoms with E-state index in [1.54, 1.807) is 0 Å². The van der Waals surface area contributed by atoms with Crippen LogP contribution in [0.3, 0.4) is 0 Å². The van der Waals surface area contributed by atoms with E-state index in [9.17, 15) is 0 Å². The number of nitrogens with zero attached hydrogens (tertiary/aromatic N) is 1. The van der Waals surface area contributed by atoms with Gasteiger partial charge in [-0.05, 0) is 50.9 Å². The van der Waals surface area contributed by atoms with Gasteiger partial charge in [-0.15, -0.1) is 6.58 Å². The fraction of sp³-hybridized carbons (Fsp3) is 0.286. The molecule has 3 aromatic carbocycles. The fourth-order valence-electron chi connectivity index (χ4n) is 4.61. The molecule has 1 saturated heterocycles. The Bertz CT molecular complexity index is 1270. The minimum atomic E-state index is -0.364. The molecule has 5 rings (SSSR count). The molecule has 0 bridgehead atoms. The van der Waals surface area contributed by atoms with Crippen LogP contribution in [0.5, 0.6) is 0 Å². The predicted molar refractivity (Wildman–Crippen MR) is 135 cm³/mol.